The average Bonchev–Trinajstić information content (AvgIpc) is 3.19. The van der Waals surface area contributed by atoms with Gasteiger partial charge in [0.1, 0.15) is 12.3 Å². The standard InChI is InChI=1S/C14H14N4O5/c1-8-6-11(23-17-8)15-10(19)7-18-12(20)14(2,16-13(18)21)9-4-3-5-22-9/h3-6H,7H2,1-2H3,(H,15,19)(H,16,21). The van der Waals surface area contributed by atoms with Crippen molar-refractivity contribution < 1.29 is 23.3 Å². The van der Waals surface area contributed by atoms with Gasteiger partial charge >= 0.3 is 6.03 Å². The molecule has 0 radical (unpaired) electrons. The van der Waals surface area contributed by atoms with Crippen LogP contribution in [0.5, 0.6) is 0 Å². The van der Waals surface area contributed by atoms with Crippen molar-refractivity contribution >= 4 is 23.7 Å². The average molecular weight is 318 g/mol. The number of urea groups is 1. The summed E-state index contributed by atoms with van der Waals surface area (Å²) in [5.74, 6) is -0.701. The Morgan fingerprint density at radius 3 is 2.87 bits per heavy atom. The van der Waals surface area contributed by atoms with E-state index in [9.17, 15) is 14.4 Å². The minimum Gasteiger partial charge on any atom is -0.466 e. The van der Waals surface area contributed by atoms with Crippen LogP contribution in [0.25, 0.3) is 0 Å². The largest absolute Gasteiger partial charge is 0.466 e. The zero-order valence-corrected chi connectivity index (χ0v) is 12.5. The van der Waals surface area contributed by atoms with Crippen LogP contribution in [0.1, 0.15) is 18.4 Å². The molecule has 1 atom stereocenters. The lowest BCUT2D eigenvalue weighted by atomic mass is 9.99. The first-order valence-electron chi connectivity index (χ1n) is 6.81. The smallest absolute Gasteiger partial charge is 0.325 e. The van der Waals surface area contributed by atoms with Crippen LogP contribution in [0.15, 0.2) is 33.4 Å². The van der Waals surface area contributed by atoms with E-state index in [1.807, 2.05) is 0 Å². The van der Waals surface area contributed by atoms with E-state index >= 15 is 0 Å². The van der Waals surface area contributed by atoms with E-state index in [1.165, 1.54) is 19.3 Å². The number of anilines is 1. The van der Waals surface area contributed by atoms with E-state index in [0.717, 1.165) is 4.90 Å². The molecule has 2 aromatic heterocycles. The topological polar surface area (TPSA) is 118 Å². The predicted molar refractivity (Wildman–Crippen MR) is 76.2 cm³/mol. The van der Waals surface area contributed by atoms with Crippen LogP contribution < -0.4 is 10.6 Å². The summed E-state index contributed by atoms with van der Waals surface area (Å²) in [7, 11) is 0. The summed E-state index contributed by atoms with van der Waals surface area (Å²) in [5.41, 5.74) is -0.732. The SMILES string of the molecule is Cc1cc(NC(=O)CN2C(=O)NC(C)(c3ccco3)C2=O)on1. The first-order chi connectivity index (χ1) is 10.9. The number of hydrogen-bond acceptors (Lipinski definition) is 6. The molecule has 0 bridgehead atoms. The van der Waals surface area contributed by atoms with Gasteiger partial charge in [-0.15, -0.1) is 0 Å². The molecule has 1 aliphatic rings. The molecule has 23 heavy (non-hydrogen) atoms. The number of nitrogens with zero attached hydrogens (tertiary/aromatic N) is 2. The van der Waals surface area contributed by atoms with Crippen LogP contribution in [0.4, 0.5) is 10.7 Å². The quantitative estimate of drug-likeness (QED) is 0.811. The van der Waals surface area contributed by atoms with E-state index < -0.39 is 29.9 Å². The van der Waals surface area contributed by atoms with E-state index in [0.29, 0.717) is 11.5 Å². The van der Waals surface area contributed by atoms with Crippen LogP contribution in [-0.4, -0.2) is 34.4 Å². The van der Waals surface area contributed by atoms with Crippen molar-refractivity contribution in [3.05, 3.63) is 35.9 Å². The van der Waals surface area contributed by atoms with Crippen molar-refractivity contribution in [2.24, 2.45) is 0 Å². The maximum absolute atomic E-state index is 12.5. The van der Waals surface area contributed by atoms with Gasteiger partial charge in [0.25, 0.3) is 5.91 Å². The normalized spacial score (nSPS) is 20.7. The third-order valence-electron chi connectivity index (χ3n) is 3.48. The number of carbonyl (C=O) groups is 3. The Kier molecular flexibility index (Phi) is 3.40. The van der Waals surface area contributed by atoms with E-state index in [4.69, 9.17) is 8.94 Å². The molecule has 0 aliphatic carbocycles. The highest BCUT2D eigenvalue weighted by Crippen LogP contribution is 2.28. The van der Waals surface area contributed by atoms with Crippen LogP contribution in [0.3, 0.4) is 0 Å². The Bertz CT molecular complexity index is 766. The van der Waals surface area contributed by atoms with Gasteiger partial charge < -0.3 is 14.3 Å². The molecule has 120 valence electrons. The summed E-state index contributed by atoms with van der Waals surface area (Å²) in [6.45, 7) is 2.77. The van der Waals surface area contributed by atoms with Crippen LogP contribution >= 0.6 is 0 Å². The Balaban J connectivity index is 1.72. The van der Waals surface area contributed by atoms with Gasteiger partial charge in [0.05, 0.1) is 12.0 Å². The number of rotatable bonds is 4. The molecule has 4 amide bonds. The molecular formula is C14H14N4O5. The zero-order chi connectivity index (χ0) is 16.6. The van der Waals surface area contributed by atoms with Crippen molar-refractivity contribution in [3.8, 4) is 0 Å². The van der Waals surface area contributed by atoms with Gasteiger partial charge in [-0.05, 0) is 26.0 Å². The minimum absolute atomic E-state index is 0.147. The van der Waals surface area contributed by atoms with Gasteiger partial charge in [0.15, 0.2) is 5.54 Å². The Morgan fingerprint density at radius 1 is 1.48 bits per heavy atom. The molecule has 3 rings (SSSR count). The van der Waals surface area contributed by atoms with Gasteiger partial charge in [0.2, 0.25) is 11.8 Å². The molecule has 0 aromatic carbocycles. The molecule has 1 fully saturated rings. The molecule has 0 spiro atoms. The number of aryl methyl sites for hydroxylation is 1. The second-order valence-electron chi connectivity index (χ2n) is 5.30. The number of imide groups is 1. The fourth-order valence-electron chi connectivity index (χ4n) is 2.31. The van der Waals surface area contributed by atoms with Crippen LogP contribution in [0.2, 0.25) is 0 Å². The monoisotopic (exact) mass is 318 g/mol. The highest BCUT2D eigenvalue weighted by atomic mass is 16.5. The van der Waals surface area contributed by atoms with Gasteiger partial charge in [-0.25, -0.2) is 4.79 Å². The van der Waals surface area contributed by atoms with Crippen molar-refractivity contribution in [2.45, 2.75) is 19.4 Å². The molecular weight excluding hydrogens is 304 g/mol. The van der Waals surface area contributed by atoms with Gasteiger partial charge in [-0.1, -0.05) is 5.16 Å². The van der Waals surface area contributed by atoms with E-state index in [-0.39, 0.29) is 5.88 Å². The lowest BCUT2D eigenvalue weighted by Crippen LogP contribution is -2.41. The van der Waals surface area contributed by atoms with Crippen LogP contribution in [0, 0.1) is 6.92 Å². The second kappa shape index (κ2) is 5.27. The van der Waals surface area contributed by atoms with Crippen molar-refractivity contribution in [1.29, 1.82) is 0 Å². The first kappa shape index (κ1) is 14.8. The van der Waals surface area contributed by atoms with Gasteiger partial charge in [0, 0.05) is 6.07 Å². The lowest BCUT2D eigenvalue weighted by Gasteiger charge is -2.18. The lowest BCUT2D eigenvalue weighted by molar-refractivity contribution is -0.134. The fraction of sp³-hybridized carbons (Fsp3) is 0.286. The maximum Gasteiger partial charge on any atom is 0.325 e. The Morgan fingerprint density at radius 2 is 2.26 bits per heavy atom. The molecule has 0 saturated carbocycles. The Labute approximate surface area is 130 Å². The summed E-state index contributed by atoms with van der Waals surface area (Å²) in [5, 5.41) is 8.59. The third-order valence-corrected chi connectivity index (χ3v) is 3.48. The van der Waals surface area contributed by atoms with E-state index in [2.05, 4.69) is 15.8 Å². The second-order valence-corrected chi connectivity index (χ2v) is 5.30. The summed E-state index contributed by atoms with van der Waals surface area (Å²) < 4.78 is 10.1. The van der Waals surface area contributed by atoms with Crippen molar-refractivity contribution in [1.82, 2.24) is 15.4 Å². The van der Waals surface area contributed by atoms with Crippen molar-refractivity contribution in [2.75, 3.05) is 11.9 Å². The molecule has 1 unspecified atom stereocenters. The molecule has 2 N–H and O–H groups in total. The van der Waals surface area contributed by atoms with Gasteiger partial charge in [-0.2, -0.15) is 0 Å². The fourth-order valence-corrected chi connectivity index (χ4v) is 2.31. The van der Waals surface area contributed by atoms with Gasteiger partial charge in [-0.3, -0.25) is 19.8 Å². The number of amides is 4. The maximum atomic E-state index is 12.5. The molecule has 2 aromatic rings. The minimum atomic E-state index is -1.33. The summed E-state index contributed by atoms with van der Waals surface area (Å²) in [4.78, 5) is 37.3. The van der Waals surface area contributed by atoms with Crippen LogP contribution in [-0.2, 0) is 15.1 Å². The summed E-state index contributed by atoms with van der Waals surface area (Å²) in [6, 6.07) is 4.05. The number of nitrogens with one attached hydrogen (secondary N) is 2. The number of carbonyl (C=O) groups excluding carboxylic acids is 3. The molecule has 9 nitrogen and oxygen atoms in total. The number of hydrogen-bond donors (Lipinski definition) is 2. The highest BCUT2D eigenvalue weighted by molar-refractivity contribution is 6.09. The number of furan rings is 1. The highest BCUT2D eigenvalue weighted by Gasteiger charge is 2.51. The van der Waals surface area contributed by atoms with E-state index in [1.54, 1.807) is 19.1 Å². The molecule has 9 heteroatoms. The first-order valence-corrected chi connectivity index (χ1v) is 6.81. The number of aromatic nitrogens is 1. The molecule has 1 saturated heterocycles. The predicted octanol–water partition coefficient (Wildman–Crippen LogP) is 0.982. The molecule has 1 aliphatic heterocycles. The summed E-state index contributed by atoms with van der Waals surface area (Å²) >= 11 is 0. The van der Waals surface area contributed by atoms with Crippen molar-refractivity contribution in [3.63, 3.8) is 0 Å². The molecule has 3 heterocycles. The summed E-state index contributed by atoms with van der Waals surface area (Å²) in [6.07, 6.45) is 1.40. The Hall–Kier alpha value is -3.10. The third kappa shape index (κ3) is 2.56. The zero-order valence-electron chi connectivity index (χ0n) is 12.5.